The highest BCUT2D eigenvalue weighted by Crippen LogP contribution is 2.30. The standard InChI is InChI=1S/C22H33N3O3/c1-23(2)17-19-22(18-9-4-3-5-10-18)25(15-16-28-19)21(27)12-8-14-24-13-7-6-11-20(24)26/h3-5,9-10,19,22H,6-8,11-17H2,1-2H3/t19-,22-/m0/s1. The first-order valence-electron chi connectivity index (χ1n) is 10.4. The number of nitrogens with zero attached hydrogens (tertiary/aromatic N) is 3. The maximum Gasteiger partial charge on any atom is 0.223 e. The first kappa shape index (κ1) is 20.8. The number of amides is 2. The van der Waals surface area contributed by atoms with Crippen LogP contribution >= 0.6 is 0 Å². The van der Waals surface area contributed by atoms with Crippen molar-refractivity contribution >= 4 is 11.8 Å². The normalized spacial score (nSPS) is 23.3. The second kappa shape index (κ2) is 10.0. The van der Waals surface area contributed by atoms with Crippen molar-refractivity contribution in [3.63, 3.8) is 0 Å². The molecule has 0 bridgehead atoms. The average molecular weight is 388 g/mol. The van der Waals surface area contributed by atoms with Crippen LogP contribution in [0.5, 0.6) is 0 Å². The monoisotopic (exact) mass is 387 g/mol. The molecule has 0 N–H and O–H groups in total. The van der Waals surface area contributed by atoms with Crippen LogP contribution in [0.15, 0.2) is 30.3 Å². The molecule has 2 amide bonds. The van der Waals surface area contributed by atoms with Gasteiger partial charge in [-0.1, -0.05) is 30.3 Å². The molecule has 6 nitrogen and oxygen atoms in total. The summed E-state index contributed by atoms with van der Waals surface area (Å²) in [5.74, 6) is 0.392. The summed E-state index contributed by atoms with van der Waals surface area (Å²) >= 11 is 0. The van der Waals surface area contributed by atoms with E-state index < -0.39 is 0 Å². The third kappa shape index (κ3) is 5.32. The van der Waals surface area contributed by atoms with Gasteiger partial charge in [0.2, 0.25) is 11.8 Å². The summed E-state index contributed by atoms with van der Waals surface area (Å²) in [7, 11) is 4.06. The zero-order valence-electron chi connectivity index (χ0n) is 17.2. The van der Waals surface area contributed by atoms with Crippen molar-refractivity contribution in [2.24, 2.45) is 0 Å². The lowest BCUT2D eigenvalue weighted by molar-refractivity contribution is -0.148. The van der Waals surface area contributed by atoms with Crippen LogP contribution in [0.2, 0.25) is 0 Å². The summed E-state index contributed by atoms with van der Waals surface area (Å²) in [6.07, 6.45) is 3.88. The quantitative estimate of drug-likeness (QED) is 0.720. The summed E-state index contributed by atoms with van der Waals surface area (Å²) in [5.41, 5.74) is 1.12. The van der Waals surface area contributed by atoms with Crippen molar-refractivity contribution in [2.45, 2.75) is 44.2 Å². The molecule has 2 atom stereocenters. The van der Waals surface area contributed by atoms with Gasteiger partial charge in [0.25, 0.3) is 0 Å². The lowest BCUT2D eigenvalue weighted by atomic mass is 9.97. The fourth-order valence-corrected chi connectivity index (χ4v) is 4.23. The maximum atomic E-state index is 13.1. The van der Waals surface area contributed by atoms with Crippen molar-refractivity contribution in [3.05, 3.63) is 35.9 Å². The Bertz CT molecular complexity index is 650. The van der Waals surface area contributed by atoms with Crippen LogP contribution < -0.4 is 0 Å². The van der Waals surface area contributed by atoms with E-state index in [9.17, 15) is 9.59 Å². The van der Waals surface area contributed by atoms with E-state index in [2.05, 4.69) is 17.0 Å². The van der Waals surface area contributed by atoms with Crippen LogP contribution in [0.25, 0.3) is 0 Å². The summed E-state index contributed by atoms with van der Waals surface area (Å²) in [6, 6.07) is 10.1. The molecule has 0 radical (unpaired) electrons. The minimum Gasteiger partial charge on any atom is -0.373 e. The molecule has 28 heavy (non-hydrogen) atoms. The Hall–Kier alpha value is -1.92. The van der Waals surface area contributed by atoms with Gasteiger partial charge in [0.1, 0.15) is 0 Å². The molecule has 2 heterocycles. The molecule has 2 aliphatic heterocycles. The van der Waals surface area contributed by atoms with Crippen LogP contribution in [0.1, 0.15) is 43.7 Å². The second-order valence-corrected chi connectivity index (χ2v) is 8.06. The number of carbonyl (C=O) groups is 2. The van der Waals surface area contributed by atoms with Gasteiger partial charge in [-0.3, -0.25) is 9.59 Å². The summed E-state index contributed by atoms with van der Waals surface area (Å²) in [6.45, 7) is 3.48. The number of hydrogen-bond acceptors (Lipinski definition) is 4. The SMILES string of the molecule is CN(C)C[C@@H]1OCCN(C(=O)CCCN2CCCCC2=O)[C@H]1c1ccccc1. The van der Waals surface area contributed by atoms with Gasteiger partial charge in [-0.2, -0.15) is 0 Å². The number of hydrogen-bond donors (Lipinski definition) is 0. The molecule has 0 aromatic heterocycles. The summed E-state index contributed by atoms with van der Waals surface area (Å²) in [4.78, 5) is 31.1. The van der Waals surface area contributed by atoms with Crippen LogP contribution in [0.4, 0.5) is 0 Å². The van der Waals surface area contributed by atoms with Gasteiger partial charge < -0.3 is 19.4 Å². The van der Waals surface area contributed by atoms with Gasteiger partial charge in [0, 0.05) is 39.0 Å². The first-order chi connectivity index (χ1) is 13.6. The molecule has 154 valence electrons. The molecule has 2 fully saturated rings. The number of carbonyl (C=O) groups excluding carboxylic acids is 2. The number of likely N-dealkylation sites (tertiary alicyclic amines) is 1. The minimum atomic E-state index is -0.0681. The Kier molecular flexibility index (Phi) is 7.45. The Morgan fingerprint density at radius 3 is 2.68 bits per heavy atom. The summed E-state index contributed by atoms with van der Waals surface area (Å²) < 4.78 is 6.06. The van der Waals surface area contributed by atoms with Crippen LogP contribution in [0, 0.1) is 0 Å². The number of likely N-dealkylation sites (N-methyl/N-ethyl adjacent to an activating group) is 1. The molecule has 0 unspecified atom stereocenters. The van der Waals surface area contributed by atoms with Crippen molar-refractivity contribution in [1.29, 1.82) is 0 Å². The van der Waals surface area contributed by atoms with Gasteiger partial charge >= 0.3 is 0 Å². The molecule has 2 aliphatic rings. The Balaban J connectivity index is 1.65. The van der Waals surface area contributed by atoms with Gasteiger partial charge in [-0.25, -0.2) is 0 Å². The topological polar surface area (TPSA) is 53.1 Å². The van der Waals surface area contributed by atoms with Gasteiger partial charge in [-0.05, 0) is 38.9 Å². The molecule has 3 rings (SSSR count). The molecule has 1 aromatic rings. The molecule has 1 aromatic carbocycles. The molecular weight excluding hydrogens is 354 g/mol. The van der Waals surface area contributed by atoms with E-state index in [1.54, 1.807) is 0 Å². The number of morpholine rings is 1. The molecule has 2 saturated heterocycles. The van der Waals surface area contributed by atoms with Crippen molar-refractivity contribution in [2.75, 3.05) is 46.9 Å². The van der Waals surface area contributed by atoms with Crippen LogP contribution in [0.3, 0.4) is 0 Å². The van der Waals surface area contributed by atoms with E-state index in [4.69, 9.17) is 4.74 Å². The lowest BCUT2D eigenvalue weighted by Gasteiger charge is -2.42. The van der Waals surface area contributed by atoms with Crippen molar-refractivity contribution in [1.82, 2.24) is 14.7 Å². The largest absolute Gasteiger partial charge is 0.373 e. The van der Waals surface area contributed by atoms with E-state index in [1.807, 2.05) is 42.1 Å². The highest BCUT2D eigenvalue weighted by atomic mass is 16.5. The fourth-order valence-electron chi connectivity index (χ4n) is 4.23. The van der Waals surface area contributed by atoms with E-state index in [-0.39, 0.29) is 24.0 Å². The molecule has 6 heteroatoms. The predicted molar refractivity (Wildman–Crippen MR) is 109 cm³/mol. The Labute approximate surface area is 168 Å². The second-order valence-electron chi connectivity index (χ2n) is 8.06. The summed E-state index contributed by atoms with van der Waals surface area (Å²) in [5, 5.41) is 0. The third-order valence-electron chi connectivity index (χ3n) is 5.60. The van der Waals surface area contributed by atoms with E-state index in [0.29, 0.717) is 32.5 Å². The number of rotatable bonds is 7. The van der Waals surface area contributed by atoms with E-state index in [0.717, 1.165) is 37.9 Å². The number of piperidine rings is 1. The minimum absolute atomic E-state index is 0.0428. The zero-order chi connectivity index (χ0) is 19.9. The number of benzene rings is 1. The molecule has 0 spiro atoms. The van der Waals surface area contributed by atoms with Gasteiger partial charge in [0.05, 0.1) is 18.8 Å². The smallest absolute Gasteiger partial charge is 0.223 e. The molecular formula is C22H33N3O3. The fraction of sp³-hybridized carbons (Fsp3) is 0.636. The highest BCUT2D eigenvalue weighted by molar-refractivity contribution is 5.78. The lowest BCUT2D eigenvalue weighted by Crippen LogP contribution is -2.51. The Morgan fingerprint density at radius 2 is 1.96 bits per heavy atom. The van der Waals surface area contributed by atoms with Crippen LogP contribution in [-0.2, 0) is 14.3 Å². The van der Waals surface area contributed by atoms with Crippen molar-refractivity contribution in [3.8, 4) is 0 Å². The van der Waals surface area contributed by atoms with Gasteiger partial charge in [-0.15, -0.1) is 0 Å². The molecule has 0 saturated carbocycles. The zero-order valence-corrected chi connectivity index (χ0v) is 17.2. The average Bonchev–Trinajstić information content (AvgIpc) is 2.69. The highest BCUT2D eigenvalue weighted by Gasteiger charge is 2.36. The van der Waals surface area contributed by atoms with E-state index >= 15 is 0 Å². The predicted octanol–water partition coefficient (Wildman–Crippen LogP) is 2.31. The molecule has 0 aliphatic carbocycles. The maximum absolute atomic E-state index is 13.1. The van der Waals surface area contributed by atoms with Gasteiger partial charge in [0.15, 0.2) is 0 Å². The first-order valence-corrected chi connectivity index (χ1v) is 10.4. The number of ether oxygens (including phenoxy) is 1. The van der Waals surface area contributed by atoms with Crippen molar-refractivity contribution < 1.29 is 14.3 Å². The van der Waals surface area contributed by atoms with Crippen LogP contribution in [-0.4, -0.2) is 79.5 Å². The van der Waals surface area contributed by atoms with E-state index in [1.165, 1.54) is 0 Å². The third-order valence-corrected chi connectivity index (χ3v) is 5.60. The Morgan fingerprint density at radius 1 is 1.18 bits per heavy atom.